The molecule has 2 fully saturated rings. The maximum atomic E-state index is 12.8. The van der Waals surface area contributed by atoms with Gasteiger partial charge in [0.2, 0.25) is 10.0 Å². The summed E-state index contributed by atoms with van der Waals surface area (Å²) in [6, 6.07) is 2.66. The van der Waals surface area contributed by atoms with Crippen LogP contribution in [-0.2, 0) is 14.8 Å². The van der Waals surface area contributed by atoms with Crippen molar-refractivity contribution in [3.8, 4) is 0 Å². The first-order valence-electron chi connectivity index (χ1n) is 10.6. The number of halogens is 2. The van der Waals surface area contributed by atoms with Crippen LogP contribution in [-0.4, -0.2) is 60.3 Å². The number of anilines is 1. The molecule has 1 atom stereocenters. The van der Waals surface area contributed by atoms with Crippen molar-refractivity contribution in [2.75, 3.05) is 38.2 Å². The maximum absolute atomic E-state index is 12.8. The van der Waals surface area contributed by atoms with Crippen molar-refractivity contribution in [2.45, 2.75) is 36.6 Å². The zero-order chi connectivity index (χ0) is 22.7. The van der Waals surface area contributed by atoms with E-state index in [2.05, 4.69) is 15.4 Å². The van der Waals surface area contributed by atoms with Crippen molar-refractivity contribution in [2.24, 2.45) is 5.92 Å². The first-order chi connectivity index (χ1) is 15.4. The number of rotatable bonds is 6. The summed E-state index contributed by atoms with van der Waals surface area (Å²) in [5.41, 5.74) is 0.133. The van der Waals surface area contributed by atoms with Gasteiger partial charge in [0.15, 0.2) is 0 Å². The van der Waals surface area contributed by atoms with Gasteiger partial charge in [0, 0.05) is 32.4 Å². The SMILES string of the molecule is O=c1c(Cl)c(NC[C@H]2CCCOC2)cnn1C1CCN(S(=O)(=O)c2ccc(Cl)nc2)CC1. The fourth-order valence-corrected chi connectivity index (χ4v) is 5.77. The molecule has 9 nitrogen and oxygen atoms in total. The third-order valence-electron chi connectivity index (χ3n) is 5.89. The van der Waals surface area contributed by atoms with Crippen molar-refractivity contribution >= 4 is 38.9 Å². The molecule has 2 saturated heterocycles. The van der Waals surface area contributed by atoms with Crippen LogP contribution in [0.3, 0.4) is 0 Å². The molecule has 1 N–H and O–H groups in total. The minimum absolute atomic E-state index is 0.0949. The van der Waals surface area contributed by atoms with Crippen molar-refractivity contribution in [3.63, 3.8) is 0 Å². The van der Waals surface area contributed by atoms with E-state index in [0.29, 0.717) is 37.6 Å². The number of nitrogens with one attached hydrogen (secondary N) is 1. The highest BCUT2D eigenvalue weighted by Gasteiger charge is 2.31. The van der Waals surface area contributed by atoms with E-state index < -0.39 is 10.0 Å². The summed E-state index contributed by atoms with van der Waals surface area (Å²) in [7, 11) is -3.67. The van der Waals surface area contributed by atoms with Crippen LogP contribution < -0.4 is 10.9 Å². The van der Waals surface area contributed by atoms with Gasteiger partial charge in [-0.2, -0.15) is 9.40 Å². The Labute approximate surface area is 196 Å². The second-order valence-corrected chi connectivity index (χ2v) is 10.7. The predicted molar refractivity (Wildman–Crippen MR) is 122 cm³/mol. The van der Waals surface area contributed by atoms with E-state index in [9.17, 15) is 13.2 Å². The molecule has 2 aliphatic rings. The minimum Gasteiger partial charge on any atom is -0.382 e. The lowest BCUT2D eigenvalue weighted by atomic mass is 10.0. The van der Waals surface area contributed by atoms with E-state index in [1.54, 1.807) is 6.20 Å². The van der Waals surface area contributed by atoms with Gasteiger partial charge in [-0.15, -0.1) is 0 Å². The highest BCUT2D eigenvalue weighted by Crippen LogP contribution is 2.27. The van der Waals surface area contributed by atoms with Gasteiger partial charge in [-0.25, -0.2) is 18.1 Å². The van der Waals surface area contributed by atoms with E-state index >= 15 is 0 Å². The van der Waals surface area contributed by atoms with Crippen LogP contribution in [0.4, 0.5) is 5.69 Å². The molecule has 0 aromatic carbocycles. The third kappa shape index (κ3) is 5.09. The summed E-state index contributed by atoms with van der Waals surface area (Å²) < 4.78 is 33.9. The molecule has 0 saturated carbocycles. The number of hydrogen-bond acceptors (Lipinski definition) is 7. The summed E-state index contributed by atoms with van der Waals surface area (Å²) in [6.45, 7) is 2.70. The quantitative estimate of drug-likeness (QED) is 0.606. The lowest BCUT2D eigenvalue weighted by molar-refractivity contribution is 0.0595. The van der Waals surface area contributed by atoms with Gasteiger partial charge in [-0.3, -0.25) is 4.79 Å². The Bertz CT molecular complexity index is 1100. The smallest absolute Gasteiger partial charge is 0.287 e. The molecule has 2 aromatic rings. The van der Waals surface area contributed by atoms with Crippen LogP contribution in [0.5, 0.6) is 0 Å². The predicted octanol–water partition coefficient (Wildman–Crippen LogP) is 2.81. The lowest BCUT2D eigenvalue weighted by Gasteiger charge is -2.31. The van der Waals surface area contributed by atoms with E-state index in [4.69, 9.17) is 27.9 Å². The third-order valence-corrected chi connectivity index (χ3v) is 8.36. The van der Waals surface area contributed by atoms with Gasteiger partial charge >= 0.3 is 0 Å². The fraction of sp³-hybridized carbons (Fsp3) is 0.550. The topological polar surface area (TPSA) is 106 Å². The summed E-state index contributed by atoms with van der Waals surface area (Å²) in [4.78, 5) is 16.8. The summed E-state index contributed by atoms with van der Waals surface area (Å²) >= 11 is 12.1. The summed E-state index contributed by atoms with van der Waals surface area (Å²) in [5, 5.41) is 7.85. The zero-order valence-corrected chi connectivity index (χ0v) is 19.7. The van der Waals surface area contributed by atoms with Gasteiger partial charge in [0.1, 0.15) is 15.1 Å². The highest BCUT2D eigenvalue weighted by atomic mass is 35.5. The fourth-order valence-electron chi connectivity index (χ4n) is 4.04. The second-order valence-electron chi connectivity index (χ2n) is 8.04. The molecular formula is C20H25Cl2N5O4S. The van der Waals surface area contributed by atoms with Crippen LogP contribution >= 0.6 is 23.2 Å². The van der Waals surface area contributed by atoms with E-state index in [1.807, 2.05) is 0 Å². The van der Waals surface area contributed by atoms with Gasteiger partial charge in [-0.1, -0.05) is 23.2 Å². The number of pyridine rings is 1. The van der Waals surface area contributed by atoms with Crippen LogP contribution in [0.25, 0.3) is 0 Å². The second kappa shape index (κ2) is 10.0. The molecule has 174 valence electrons. The largest absolute Gasteiger partial charge is 0.382 e. The number of nitrogens with zero attached hydrogens (tertiary/aromatic N) is 4. The normalized spacial score (nSPS) is 20.9. The van der Waals surface area contributed by atoms with Crippen LogP contribution in [0.15, 0.2) is 34.2 Å². The number of aromatic nitrogens is 3. The molecule has 0 spiro atoms. The highest BCUT2D eigenvalue weighted by molar-refractivity contribution is 7.89. The van der Waals surface area contributed by atoms with Gasteiger partial charge < -0.3 is 10.1 Å². The van der Waals surface area contributed by atoms with E-state index in [-0.39, 0.29) is 39.8 Å². The monoisotopic (exact) mass is 501 g/mol. The average molecular weight is 502 g/mol. The molecule has 0 amide bonds. The molecule has 0 bridgehead atoms. The van der Waals surface area contributed by atoms with Gasteiger partial charge in [-0.05, 0) is 43.7 Å². The minimum atomic E-state index is -3.67. The molecule has 32 heavy (non-hydrogen) atoms. The maximum Gasteiger partial charge on any atom is 0.287 e. The number of sulfonamides is 1. The van der Waals surface area contributed by atoms with Crippen LogP contribution in [0, 0.1) is 5.92 Å². The number of piperidine rings is 1. The molecule has 2 aromatic heterocycles. The molecule has 4 rings (SSSR count). The van der Waals surface area contributed by atoms with E-state index in [1.165, 1.54) is 27.3 Å². The number of hydrogen-bond donors (Lipinski definition) is 1. The Balaban J connectivity index is 1.40. The number of ether oxygens (including phenoxy) is 1. The van der Waals surface area contributed by atoms with Crippen LogP contribution in [0.2, 0.25) is 10.2 Å². The van der Waals surface area contributed by atoms with Gasteiger partial charge in [0.05, 0.1) is 24.5 Å². The summed E-state index contributed by atoms with van der Waals surface area (Å²) in [5.74, 6) is 0.379. The van der Waals surface area contributed by atoms with E-state index in [0.717, 1.165) is 19.4 Å². The Kier molecular flexibility index (Phi) is 7.36. The average Bonchev–Trinajstić information content (AvgIpc) is 2.81. The lowest BCUT2D eigenvalue weighted by Crippen LogP contribution is -2.41. The Morgan fingerprint density at radius 1 is 1.16 bits per heavy atom. The van der Waals surface area contributed by atoms with Crippen molar-refractivity contribution in [1.29, 1.82) is 0 Å². The standard InChI is InChI=1S/C20H25Cl2N5O4S/c21-18-4-3-16(11-24-18)32(29,30)26-7-5-15(6-8-26)27-20(28)19(22)17(12-25-27)23-10-14-2-1-9-31-13-14/h3-4,11-12,14-15,23H,1-2,5-10,13H2/t14-/m1/s1. The van der Waals surface area contributed by atoms with Crippen molar-refractivity contribution in [3.05, 3.63) is 45.1 Å². The zero-order valence-electron chi connectivity index (χ0n) is 17.4. The Morgan fingerprint density at radius 2 is 1.94 bits per heavy atom. The molecule has 0 unspecified atom stereocenters. The molecule has 0 aliphatic carbocycles. The first-order valence-corrected chi connectivity index (χ1v) is 12.8. The first kappa shape index (κ1) is 23.4. The molecule has 4 heterocycles. The summed E-state index contributed by atoms with van der Waals surface area (Å²) in [6.07, 6.45) is 5.83. The van der Waals surface area contributed by atoms with Gasteiger partial charge in [0.25, 0.3) is 5.56 Å². The Hall–Kier alpha value is -1.72. The van der Waals surface area contributed by atoms with Crippen molar-refractivity contribution in [1.82, 2.24) is 19.1 Å². The van der Waals surface area contributed by atoms with Crippen LogP contribution in [0.1, 0.15) is 31.7 Å². The molecular weight excluding hydrogens is 477 g/mol. The molecule has 0 radical (unpaired) electrons. The Morgan fingerprint density at radius 3 is 2.59 bits per heavy atom. The molecule has 12 heteroatoms. The molecule has 2 aliphatic heterocycles. The van der Waals surface area contributed by atoms with Crippen molar-refractivity contribution < 1.29 is 13.2 Å².